The van der Waals surface area contributed by atoms with Crippen molar-refractivity contribution in [2.45, 2.75) is 0 Å². The number of hydrogen-bond donors (Lipinski definition) is 1. The van der Waals surface area contributed by atoms with Gasteiger partial charge in [-0.25, -0.2) is 0 Å². The van der Waals surface area contributed by atoms with Gasteiger partial charge in [0.1, 0.15) is 0 Å². The van der Waals surface area contributed by atoms with Crippen molar-refractivity contribution in [1.82, 2.24) is 6.15 Å². The molecule has 1 nitrogen and oxygen atoms in total. The monoisotopic (exact) mass is 349 g/mol. The minimum absolute atomic E-state index is 0. The first-order valence-corrected chi connectivity index (χ1v) is 13.1. The Hall–Kier alpha value is 1.76. The van der Waals surface area contributed by atoms with E-state index in [1.165, 1.54) is 0 Å². The molecule has 0 aliphatic heterocycles. The molecule has 0 aromatic carbocycles. The molecular weight excluding hydrogens is 346 g/mol. The molecule has 0 aliphatic carbocycles. The molecule has 6 heavy (non-hydrogen) atoms. The molecule has 0 rings (SSSR count). The van der Waals surface area contributed by atoms with Gasteiger partial charge >= 0.3 is 49.6 Å². The molecule has 0 bridgehead atoms. The van der Waals surface area contributed by atoms with E-state index in [0.717, 1.165) is 0 Å². The van der Waals surface area contributed by atoms with Crippen molar-refractivity contribution < 1.29 is 11.0 Å². The molecule has 0 spiro atoms. The van der Waals surface area contributed by atoms with Crippen molar-refractivity contribution in [1.29, 1.82) is 0 Å². The van der Waals surface area contributed by atoms with Gasteiger partial charge in [0, 0.05) is 0 Å². The third kappa shape index (κ3) is 42.2. The standard InChI is InChI=1S/4ClH.H3N.Os/h4*1H;1H3;/q;;;;;+4/p-4. The maximum absolute atomic E-state index is 5.02. The zero-order valence-electron chi connectivity index (χ0n) is 2.57. The van der Waals surface area contributed by atoms with Gasteiger partial charge in [-0.1, -0.05) is 0 Å². The first-order valence-electron chi connectivity index (χ1n) is 0.535. The third-order valence-electron chi connectivity index (χ3n) is 0. The van der Waals surface area contributed by atoms with Gasteiger partial charge in [0.2, 0.25) is 0 Å². The van der Waals surface area contributed by atoms with Crippen LogP contribution in [0.5, 0.6) is 0 Å². The molecule has 0 aromatic rings. The van der Waals surface area contributed by atoms with Gasteiger partial charge < -0.3 is 6.15 Å². The molecule has 0 radical (unpaired) electrons. The molecule has 0 amide bonds. The minimum atomic E-state index is -3.17. The normalized spacial score (nSPS) is 12.7. The van der Waals surface area contributed by atoms with Crippen molar-refractivity contribution in [3.63, 3.8) is 0 Å². The summed E-state index contributed by atoms with van der Waals surface area (Å²) >= 11 is -3.17. The van der Waals surface area contributed by atoms with Crippen LogP contribution in [0, 0.1) is 0 Å². The second-order valence-corrected chi connectivity index (χ2v) is 22.3. The van der Waals surface area contributed by atoms with Crippen LogP contribution in [0.15, 0.2) is 0 Å². The summed E-state index contributed by atoms with van der Waals surface area (Å²) in [5, 5.41) is 0. The Kier molecular flexibility index (Phi) is 6.63. The van der Waals surface area contributed by atoms with E-state index >= 15 is 0 Å². The van der Waals surface area contributed by atoms with E-state index in [4.69, 9.17) is 38.6 Å². The van der Waals surface area contributed by atoms with Crippen LogP contribution in [-0.4, -0.2) is 0 Å². The molecule has 0 aliphatic rings. The molecule has 0 saturated carbocycles. The van der Waals surface area contributed by atoms with Gasteiger partial charge in [-0.05, 0) is 0 Å². The summed E-state index contributed by atoms with van der Waals surface area (Å²) in [7, 11) is 20.1. The fourth-order valence-corrected chi connectivity index (χ4v) is 0. The average molecular weight is 349 g/mol. The zero-order chi connectivity index (χ0) is 4.50. The fourth-order valence-electron chi connectivity index (χ4n) is 0. The van der Waals surface area contributed by atoms with Crippen LogP contribution in [0.25, 0.3) is 0 Å². The number of hydrogen-bond acceptors (Lipinski definition) is 1. The van der Waals surface area contributed by atoms with E-state index in [2.05, 4.69) is 0 Å². The van der Waals surface area contributed by atoms with Crippen LogP contribution in [0.2, 0.25) is 0 Å². The van der Waals surface area contributed by atoms with Crippen molar-refractivity contribution >= 4 is 38.6 Å². The summed E-state index contributed by atoms with van der Waals surface area (Å²) in [6, 6.07) is 0. The van der Waals surface area contributed by atoms with Gasteiger partial charge in [0.25, 0.3) is 0 Å². The third-order valence-corrected chi connectivity index (χ3v) is 0. The first-order chi connectivity index (χ1) is 2.00. The molecule has 6 heteroatoms. The Morgan fingerprint density at radius 2 is 0.833 bits per heavy atom. The van der Waals surface area contributed by atoms with Gasteiger partial charge in [-0.2, -0.15) is 0 Å². The Morgan fingerprint density at radius 1 is 0.833 bits per heavy atom. The topological polar surface area (TPSA) is 35.0 Å². The van der Waals surface area contributed by atoms with E-state index in [1.54, 1.807) is 0 Å². The van der Waals surface area contributed by atoms with Gasteiger partial charge in [0.15, 0.2) is 0 Å². The van der Waals surface area contributed by atoms with Crippen molar-refractivity contribution in [2.75, 3.05) is 0 Å². The van der Waals surface area contributed by atoms with E-state index in [-0.39, 0.29) is 6.15 Å². The molecule has 0 unspecified atom stereocenters. The molecule has 0 saturated heterocycles. The fraction of sp³-hybridized carbons (Fsp3) is 0. The van der Waals surface area contributed by atoms with Crippen LogP contribution in [0.1, 0.15) is 0 Å². The predicted molar refractivity (Wildman–Crippen MR) is 28.4 cm³/mol. The van der Waals surface area contributed by atoms with Crippen LogP contribution in [0.4, 0.5) is 0 Å². The molecule has 0 fully saturated rings. The summed E-state index contributed by atoms with van der Waals surface area (Å²) in [4.78, 5) is 0. The summed E-state index contributed by atoms with van der Waals surface area (Å²) in [5.74, 6) is 0. The Labute approximate surface area is 55.5 Å². The van der Waals surface area contributed by atoms with Gasteiger partial charge in [0.05, 0.1) is 0 Å². The molecular formula is H3Cl4NOs. The number of rotatable bonds is 0. The molecule has 0 aromatic heterocycles. The Morgan fingerprint density at radius 3 is 0.833 bits per heavy atom. The summed E-state index contributed by atoms with van der Waals surface area (Å²) in [6.07, 6.45) is 0. The predicted octanol–water partition coefficient (Wildman–Crippen LogP) is 2.92. The van der Waals surface area contributed by atoms with E-state index in [0.29, 0.717) is 0 Å². The molecule has 0 atom stereocenters. The van der Waals surface area contributed by atoms with Crippen LogP contribution in [0.3, 0.4) is 0 Å². The molecule has 3 N–H and O–H groups in total. The van der Waals surface area contributed by atoms with Crippen molar-refractivity contribution in [3.05, 3.63) is 0 Å². The molecule has 44 valence electrons. The molecule has 0 heterocycles. The van der Waals surface area contributed by atoms with Gasteiger partial charge in [-0.15, -0.1) is 0 Å². The summed E-state index contributed by atoms with van der Waals surface area (Å²) in [5.41, 5.74) is 0. The quantitative estimate of drug-likeness (QED) is 0.717. The Balaban J connectivity index is 0. The maximum atomic E-state index is 5.02. The van der Waals surface area contributed by atoms with E-state index in [9.17, 15) is 0 Å². The van der Waals surface area contributed by atoms with Crippen LogP contribution >= 0.6 is 38.6 Å². The van der Waals surface area contributed by atoms with E-state index < -0.39 is 11.0 Å². The van der Waals surface area contributed by atoms with Crippen LogP contribution < -0.4 is 6.15 Å². The zero-order valence-corrected chi connectivity index (χ0v) is 8.14. The van der Waals surface area contributed by atoms with E-state index in [1.807, 2.05) is 0 Å². The SMILES string of the molecule is N.[Cl][Os]([Cl])([Cl])[Cl]. The number of halogens is 4. The van der Waals surface area contributed by atoms with Crippen molar-refractivity contribution in [3.8, 4) is 0 Å². The first kappa shape index (κ1) is 10.7. The second-order valence-electron chi connectivity index (χ2n) is 0.303. The summed E-state index contributed by atoms with van der Waals surface area (Å²) in [6.45, 7) is 0. The summed E-state index contributed by atoms with van der Waals surface area (Å²) < 4.78 is 0. The Bertz CT molecular complexity index is 23.0. The average Bonchev–Trinajstić information content (AvgIpc) is 0.722. The van der Waals surface area contributed by atoms with Crippen LogP contribution in [-0.2, 0) is 11.0 Å². The van der Waals surface area contributed by atoms with Gasteiger partial charge in [-0.3, -0.25) is 0 Å². The van der Waals surface area contributed by atoms with Crippen molar-refractivity contribution in [2.24, 2.45) is 0 Å². The second kappa shape index (κ2) is 3.72.